The standard InChI is InChI=1S/C4H9NO2.C3H5NO/c1-4(7)5-2-3-6;1-2-3(4)5/h6H,2-3H2,1H3,(H,5,7);2H,1H2,(H2,4,5). The minimum Gasteiger partial charge on any atom is -0.395 e. The van der Waals surface area contributed by atoms with Gasteiger partial charge in [0.15, 0.2) is 0 Å². The summed E-state index contributed by atoms with van der Waals surface area (Å²) in [7, 11) is 0. The zero-order chi connectivity index (χ0) is 9.98. The van der Waals surface area contributed by atoms with Crippen LogP contribution >= 0.6 is 0 Å². The number of nitrogens with one attached hydrogen (secondary N) is 1. The van der Waals surface area contributed by atoms with Gasteiger partial charge in [-0.05, 0) is 6.08 Å². The van der Waals surface area contributed by atoms with Crippen molar-refractivity contribution in [3.05, 3.63) is 12.7 Å². The first-order valence-corrected chi connectivity index (χ1v) is 3.31. The topological polar surface area (TPSA) is 92.4 Å². The number of amides is 2. The molecular weight excluding hydrogens is 160 g/mol. The van der Waals surface area contributed by atoms with Gasteiger partial charge in [0.25, 0.3) is 0 Å². The third-order valence-electron chi connectivity index (χ3n) is 0.687. The molecule has 0 atom stereocenters. The summed E-state index contributed by atoms with van der Waals surface area (Å²) in [5.41, 5.74) is 4.53. The Balaban J connectivity index is 0. The molecule has 0 rings (SSSR count). The Morgan fingerprint density at radius 2 is 2.08 bits per heavy atom. The number of carbonyl (C=O) groups excluding carboxylic acids is 2. The highest BCUT2D eigenvalue weighted by Gasteiger charge is 1.83. The predicted octanol–water partition coefficient (Wildman–Crippen LogP) is -1.23. The molecular formula is C7H14N2O3. The van der Waals surface area contributed by atoms with Gasteiger partial charge in [0.05, 0.1) is 6.61 Å². The zero-order valence-corrected chi connectivity index (χ0v) is 7.04. The fraction of sp³-hybridized carbons (Fsp3) is 0.429. The van der Waals surface area contributed by atoms with Crippen molar-refractivity contribution >= 4 is 11.8 Å². The molecule has 5 heteroatoms. The molecule has 0 heterocycles. The molecule has 5 nitrogen and oxygen atoms in total. The number of primary amides is 1. The molecule has 0 radical (unpaired) electrons. The van der Waals surface area contributed by atoms with Crippen LogP contribution in [0.1, 0.15) is 6.92 Å². The molecule has 4 N–H and O–H groups in total. The average Bonchev–Trinajstić information content (AvgIpc) is 2.02. The summed E-state index contributed by atoms with van der Waals surface area (Å²) in [6, 6.07) is 0. The van der Waals surface area contributed by atoms with E-state index < -0.39 is 5.91 Å². The van der Waals surface area contributed by atoms with Gasteiger partial charge in [0, 0.05) is 13.5 Å². The molecule has 0 aliphatic carbocycles. The van der Waals surface area contributed by atoms with Gasteiger partial charge in [-0.3, -0.25) is 9.59 Å². The SMILES string of the molecule is C=CC(N)=O.CC(=O)NCCO. The summed E-state index contributed by atoms with van der Waals surface area (Å²) in [4.78, 5) is 19.5. The summed E-state index contributed by atoms with van der Waals surface area (Å²) in [5.74, 6) is -0.584. The Morgan fingerprint density at radius 3 is 2.17 bits per heavy atom. The Morgan fingerprint density at radius 1 is 1.67 bits per heavy atom. The smallest absolute Gasteiger partial charge is 0.240 e. The Kier molecular flexibility index (Phi) is 10.6. The number of aliphatic hydroxyl groups excluding tert-OH is 1. The largest absolute Gasteiger partial charge is 0.395 e. The molecule has 0 unspecified atom stereocenters. The minimum absolute atomic E-state index is 0.0135. The molecule has 0 fully saturated rings. The van der Waals surface area contributed by atoms with Crippen molar-refractivity contribution in [2.45, 2.75) is 6.92 Å². The van der Waals surface area contributed by atoms with E-state index >= 15 is 0 Å². The summed E-state index contributed by atoms with van der Waals surface area (Å²) >= 11 is 0. The second kappa shape index (κ2) is 9.64. The van der Waals surface area contributed by atoms with Crippen LogP contribution in [0.4, 0.5) is 0 Å². The van der Waals surface area contributed by atoms with Crippen LogP contribution in [0, 0.1) is 0 Å². The average molecular weight is 174 g/mol. The van der Waals surface area contributed by atoms with Crippen molar-refractivity contribution < 1.29 is 14.7 Å². The monoisotopic (exact) mass is 174 g/mol. The second-order valence-electron chi connectivity index (χ2n) is 1.81. The molecule has 0 aromatic carbocycles. The van der Waals surface area contributed by atoms with Crippen molar-refractivity contribution in [1.29, 1.82) is 0 Å². The predicted molar refractivity (Wildman–Crippen MR) is 45.2 cm³/mol. The van der Waals surface area contributed by atoms with Crippen molar-refractivity contribution in [3.8, 4) is 0 Å². The molecule has 0 bridgehead atoms. The summed E-state index contributed by atoms with van der Waals surface area (Å²) in [6.07, 6.45) is 1.06. The molecule has 0 saturated carbocycles. The quantitative estimate of drug-likeness (QED) is 0.468. The number of hydrogen-bond acceptors (Lipinski definition) is 3. The highest BCUT2D eigenvalue weighted by atomic mass is 16.3. The maximum Gasteiger partial charge on any atom is 0.240 e. The minimum atomic E-state index is -0.481. The molecule has 0 saturated heterocycles. The van der Waals surface area contributed by atoms with E-state index in [9.17, 15) is 9.59 Å². The van der Waals surface area contributed by atoms with Gasteiger partial charge in [-0.2, -0.15) is 0 Å². The highest BCUT2D eigenvalue weighted by Crippen LogP contribution is 1.56. The highest BCUT2D eigenvalue weighted by molar-refractivity contribution is 5.84. The van der Waals surface area contributed by atoms with E-state index in [4.69, 9.17) is 5.11 Å². The number of carbonyl (C=O) groups is 2. The molecule has 70 valence electrons. The lowest BCUT2D eigenvalue weighted by atomic mass is 10.6. The Hall–Kier alpha value is -1.36. The van der Waals surface area contributed by atoms with E-state index in [-0.39, 0.29) is 12.5 Å². The number of hydrogen-bond donors (Lipinski definition) is 3. The summed E-state index contributed by atoms with van der Waals surface area (Å²) in [6.45, 7) is 4.87. The number of aliphatic hydroxyl groups is 1. The van der Waals surface area contributed by atoms with Crippen molar-refractivity contribution in [2.75, 3.05) is 13.2 Å². The number of rotatable bonds is 3. The van der Waals surface area contributed by atoms with Crippen LogP contribution in [0.5, 0.6) is 0 Å². The van der Waals surface area contributed by atoms with E-state index in [0.717, 1.165) is 6.08 Å². The molecule has 0 aromatic rings. The van der Waals surface area contributed by atoms with Gasteiger partial charge >= 0.3 is 0 Å². The van der Waals surface area contributed by atoms with E-state index in [1.807, 2.05) is 0 Å². The van der Waals surface area contributed by atoms with Crippen molar-refractivity contribution in [3.63, 3.8) is 0 Å². The van der Waals surface area contributed by atoms with Crippen molar-refractivity contribution in [2.24, 2.45) is 5.73 Å². The maximum atomic E-state index is 9.98. The molecule has 0 aliphatic heterocycles. The van der Waals surface area contributed by atoms with E-state index in [1.54, 1.807) is 0 Å². The Bertz CT molecular complexity index is 157. The van der Waals surface area contributed by atoms with Gasteiger partial charge in [0.2, 0.25) is 11.8 Å². The number of nitrogens with two attached hydrogens (primary N) is 1. The lowest BCUT2D eigenvalue weighted by Gasteiger charge is -1.93. The van der Waals surface area contributed by atoms with Crippen LogP contribution in [0.15, 0.2) is 12.7 Å². The summed E-state index contributed by atoms with van der Waals surface area (Å²) < 4.78 is 0. The maximum absolute atomic E-state index is 9.98. The first kappa shape index (κ1) is 13.2. The zero-order valence-electron chi connectivity index (χ0n) is 7.04. The van der Waals surface area contributed by atoms with Crippen molar-refractivity contribution in [1.82, 2.24) is 5.32 Å². The van der Waals surface area contributed by atoms with Crippen LogP contribution in [0.25, 0.3) is 0 Å². The first-order valence-electron chi connectivity index (χ1n) is 3.31. The van der Waals surface area contributed by atoms with Gasteiger partial charge in [-0.15, -0.1) is 0 Å². The molecule has 0 aliphatic rings. The van der Waals surface area contributed by atoms with Gasteiger partial charge < -0.3 is 16.2 Å². The third kappa shape index (κ3) is 23.4. The second-order valence-corrected chi connectivity index (χ2v) is 1.81. The Labute approximate surface area is 71.3 Å². The lowest BCUT2D eigenvalue weighted by molar-refractivity contribution is -0.119. The molecule has 0 spiro atoms. The van der Waals surface area contributed by atoms with Gasteiger partial charge in [-0.1, -0.05) is 6.58 Å². The fourth-order valence-electron chi connectivity index (χ4n) is 0.232. The van der Waals surface area contributed by atoms with Crippen LogP contribution in [0.3, 0.4) is 0 Å². The van der Waals surface area contributed by atoms with Gasteiger partial charge in [-0.25, -0.2) is 0 Å². The first-order chi connectivity index (χ1) is 5.54. The van der Waals surface area contributed by atoms with E-state index in [1.165, 1.54) is 6.92 Å². The van der Waals surface area contributed by atoms with E-state index in [2.05, 4.69) is 17.6 Å². The van der Waals surface area contributed by atoms with E-state index in [0.29, 0.717) is 6.54 Å². The molecule has 12 heavy (non-hydrogen) atoms. The molecule has 2 amide bonds. The normalized spacial score (nSPS) is 7.50. The van der Waals surface area contributed by atoms with Crippen LogP contribution < -0.4 is 11.1 Å². The molecule has 0 aromatic heterocycles. The van der Waals surface area contributed by atoms with Gasteiger partial charge in [0.1, 0.15) is 0 Å². The van der Waals surface area contributed by atoms with Crippen LogP contribution in [-0.2, 0) is 9.59 Å². The fourth-order valence-corrected chi connectivity index (χ4v) is 0.232. The van der Waals surface area contributed by atoms with Crippen LogP contribution in [0.2, 0.25) is 0 Å². The van der Waals surface area contributed by atoms with Crippen LogP contribution in [-0.4, -0.2) is 30.1 Å². The summed E-state index contributed by atoms with van der Waals surface area (Å²) in [5, 5.41) is 10.5. The lowest BCUT2D eigenvalue weighted by Crippen LogP contribution is -2.22. The third-order valence-corrected chi connectivity index (χ3v) is 0.687.